The zero-order valence-electron chi connectivity index (χ0n) is 17.4. The van der Waals surface area contributed by atoms with Crippen LogP contribution >= 0.6 is 0 Å². The number of allylic oxidation sites excluding steroid dienone is 2. The highest BCUT2D eigenvalue weighted by molar-refractivity contribution is 5.13. The summed E-state index contributed by atoms with van der Waals surface area (Å²) in [5.41, 5.74) is 1.95. The Morgan fingerprint density at radius 3 is 2.04 bits per heavy atom. The van der Waals surface area contributed by atoms with Crippen LogP contribution in [0.2, 0.25) is 0 Å². The fourth-order valence-corrected chi connectivity index (χ4v) is 7.41. The van der Waals surface area contributed by atoms with Crippen molar-refractivity contribution < 1.29 is 0 Å². The first-order valence-electron chi connectivity index (χ1n) is 12.6. The Morgan fingerprint density at radius 2 is 1.35 bits per heavy atom. The Labute approximate surface area is 163 Å². The van der Waals surface area contributed by atoms with E-state index >= 15 is 0 Å². The van der Waals surface area contributed by atoms with Crippen LogP contribution < -0.4 is 0 Å². The molecule has 4 aliphatic rings. The number of hydrogen-bond donors (Lipinski definition) is 0. The lowest BCUT2D eigenvalue weighted by atomic mass is 9.63. The fraction of sp³-hybridized carbons (Fsp3) is 0.923. The van der Waals surface area contributed by atoms with Gasteiger partial charge in [0.15, 0.2) is 0 Å². The van der Waals surface area contributed by atoms with Crippen LogP contribution in [0.25, 0.3) is 0 Å². The molecule has 0 aromatic heterocycles. The summed E-state index contributed by atoms with van der Waals surface area (Å²) in [6.45, 7) is 0. The summed E-state index contributed by atoms with van der Waals surface area (Å²) in [5, 5.41) is 0. The van der Waals surface area contributed by atoms with Gasteiger partial charge in [0.25, 0.3) is 0 Å². The largest absolute Gasteiger partial charge is 0.0850 e. The summed E-state index contributed by atoms with van der Waals surface area (Å²) in [6, 6.07) is 0. The molecule has 0 aromatic rings. The van der Waals surface area contributed by atoms with Crippen molar-refractivity contribution in [3.8, 4) is 0 Å². The molecule has 0 heterocycles. The van der Waals surface area contributed by atoms with Gasteiger partial charge < -0.3 is 0 Å². The molecule has 2 atom stereocenters. The molecule has 0 bridgehead atoms. The summed E-state index contributed by atoms with van der Waals surface area (Å²) in [6.07, 6.45) is 31.6. The molecule has 0 aliphatic heterocycles. The SMILES string of the molecule is C1=C(C(C2CCCCC2)C(CCC2CCCC2)C2CCCC2)CCCC1. The quantitative estimate of drug-likeness (QED) is 0.401. The third-order valence-corrected chi connectivity index (χ3v) is 8.76. The Bertz CT molecular complexity index is 429. The van der Waals surface area contributed by atoms with Crippen molar-refractivity contribution in [1.82, 2.24) is 0 Å². The smallest absolute Gasteiger partial charge is 0.0144 e. The summed E-state index contributed by atoms with van der Waals surface area (Å²) in [4.78, 5) is 0. The highest BCUT2D eigenvalue weighted by Crippen LogP contribution is 2.49. The first-order chi connectivity index (χ1) is 12.9. The van der Waals surface area contributed by atoms with Gasteiger partial charge in [-0.1, -0.05) is 88.7 Å². The molecule has 0 saturated heterocycles. The van der Waals surface area contributed by atoms with E-state index in [0.29, 0.717) is 0 Å². The minimum atomic E-state index is 0.986. The van der Waals surface area contributed by atoms with E-state index in [1.807, 2.05) is 5.57 Å². The van der Waals surface area contributed by atoms with Gasteiger partial charge in [0, 0.05) is 0 Å². The molecule has 0 radical (unpaired) electrons. The zero-order chi connectivity index (χ0) is 17.6. The van der Waals surface area contributed by atoms with Gasteiger partial charge in [-0.3, -0.25) is 0 Å². The van der Waals surface area contributed by atoms with Gasteiger partial charge in [-0.05, 0) is 74.5 Å². The molecule has 0 heteroatoms. The predicted octanol–water partition coefficient (Wildman–Crippen LogP) is 8.46. The van der Waals surface area contributed by atoms with Crippen LogP contribution in [0, 0.1) is 29.6 Å². The van der Waals surface area contributed by atoms with Crippen molar-refractivity contribution in [3.63, 3.8) is 0 Å². The molecule has 0 nitrogen and oxygen atoms in total. The predicted molar refractivity (Wildman–Crippen MR) is 113 cm³/mol. The van der Waals surface area contributed by atoms with Crippen LogP contribution in [0.5, 0.6) is 0 Å². The average Bonchev–Trinajstić information content (AvgIpc) is 3.40. The van der Waals surface area contributed by atoms with E-state index in [1.54, 1.807) is 51.4 Å². The second-order valence-corrected chi connectivity index (χ2v) is 10.4. The van der Waals surface area contributed by atoms with Gasteiger partial charge in [0.05, 0.1) is 0 Å². The Balaban J connectivity index is 1.52. The number of rotatable bonds is 7. The third kappa shape index (κ3) is 4.77. The minimum absolute atomic E-state index is 0.986. The molecule has 0 aromatic carbocycles. The molecule has 2 unspecified atom stereocenters. The Morgan fingerprint density at radius 1 is 0.692 bits per heavy atom. The van der Waals surface area contributed by atoms with E-state index in [4.69, 9.17) is 0 Å². The molecular formula is C26H44. The van der Waals surface area contributed by atoms with Gasteiger partial charge >= 0.3 is 0 Å². The van der Waals surface area contributed by atoms with Crippen LogP contribution in [-0.4, -0.2) is 0 Å². The van der Waals surface area contributed by atoms with Gasteiger partial charge in [0.1, 0.15) is 0 Å². The van der Waals surface area contributed by atoms with E-state index < -0.39 is 0 Å². The van der Waals surface area contributed by atoms with Crippen molar-refractivity contribution in [2.75, 3.05) is 0 Å². The van der Waals surface area contributed by atoms with Gasteiger partial charge in [-0.25, -0.2) is 0 Å². The molecule has 3 saturated carbocycles. The molecular weight excluding hydrogens is 312 g/mol. The molecule has 4 aliphatic carbocycles. The summed E-state index contributed by atoms with van der Waals surface area (Å²) in [7, 11) is 0. The first-order valence-corrected chi connectivity index (χ1v) is 12.6. The molecule has 4 rings (SSSR count). The summed E-state index contributed by atoms with van der Waals surface area (Å²) >= 11 is 0. The van der Waals surface area contributed by atoms with Crippen molar-refractivity contribution in [2.45, 2.75) is 122 Å². The van der Waals surface area contributed by atoms with Gasteiger partial charge in [-0.15, -0.1) is 0 Å². The summed E-state index contributed by atoms with van der Waals surface area (Å²) in [5.74, 6) is 5.24. The Hall–Kier alpha value is -0.260. The van der Waals surface area contributed by atoms with Crippen molar-refractivity contribution in [1.29, 1.82) is 0 Å². The topological polar surface area (TPSA) is 0 Å². The lowest BCUT2D eigenvalue weighted by Crippen LogP contribution is -2.32. The van der Waals surface area contributed by atoms with E-state index in [1.165, 1.54) is 70.6 Å². The second kappa shape index (κ2) is 9.79. The molecule has 148 valence electrons. The normalized spacial score (nSPS) is 29.0. The fourth-order valence-electron chi connectivity index (χ4n) is 7.41. The zero-order valence-corrected chi connectivity index (χ0v) is 17.4. The Kier molecular flexibility index (Phi) is 7.18. The average molecular weight is 357 g/mol. The molecule has 0 amide bonds. The highest BCUT2D eigenvalue weighted by atomic mass is 14.4. The standard InChI is InChI=1S/C26H44/c1-3-15-23(16-4-1)26(24-17-5-2-6-18-24)25(22-13-9-10-14-22)20-19-21-11-7-8-12-21/h15,21-22,24-26H,1-14,16-20H2. The van der Waals surface area contributed by atoms with Gasteiger partial charge in [-0.2, -0.15) is 0 Å². The maximum Gasteiger partial charge on any atom is -0.0144 e. The van der Waals surface area contributed by atoms with E-state index in [2.05, 4.69) is 6.08 Å². The van der Waals surface area contributed by atoms with Crippen LogP contribution in [0.3, 0.4) is 0 Å². The number of hydrogen-bond acceptors (Lipinski definition) is 0. The van der Waals surface area contributed by atoms with Crippen LogP contribution in [0.1, 0.15) is 122 Å². The molecule has 3 fully saturated rings. The maximum absolute atomic E-state index is 2.74. The molecule has 26 heavy (non-hydrogen) atoms. The van der Waals surface area contributed by atoms with Crippen LogP contribution in [0.4, 0.5) is 0 Å². The molecule has 0 N–H and O–H groups in total. The van der Waals surface area contributed by atoms with E-state index in [9.17, 15) is 0 Å². The first kappa shape index (κ1) is 19.1. The summed E-state index contributed by atoms with van der Waals surface area (Å²) < 4.78 is 0. The maximum atomic E-state index is 2.74. The lowest BCUT2D eigenvalue weighted by molar-refractivity contribution is 0.138. The highest BCUT2D eigenvalue weighted by Gasteiger charge is 2.38. The van der Waals surface area contributed by atoms with Crippen molar-refractivity contribution >= 4 is 0 Å². The van der Waals surface area contributed by atoms with E-state index in [-0.39, 0.29) is 0 Å². The second-order valence-electron chi connectivity index (χ2n) is 10.4. The van der Waals surface area contributed by atoms with Crippen molar-refractivity contribution in [2.24, 2.45) is 29.6 Å². The van der Waals surface area contributed by atoms with Crippen molar-refractivity contribution in [3.05, 3.63) is 11.6 Å². The van der Waals surface area contributed by atoms with E-state index in [0.717, 1.165) is 29.6 Å². The minimum Gasteiger partial charge on any atom is -0.0850 e. The lowest BCUT2D eigenvalue weighted by Gasteiger charge is -2.42. The van der Waals surface area contributed by atoms with Crippen LogP contribution in [0.15, 0.2) is 11.6 Å². The van der Waals surface area contributed by atoms with Gasteiger partial charge in [0.2, 0.25) is 0 Å². The molecule has 0 spiro atoms. The monoisotopic (exact) mass is 356 g/mol. The third-order valence-electron chi connectivity index (χ3n) is 8.76. The van der Waals surface area contributed by atoms with Crippen LogP contribution in [-0.2, 0) is 0 Å².